The van der Waals surface area contributed by atoms with Crippen molar-refractivity contribution in [1.29, 1.82) is 5.26 Å². The van der Waals surface area contributed by atoms with Crippen LogP contribution in [-0.4, -0.2) is 48.4 Å². The molecule has 0 bridgehead atoms. The number of carbonyl (C=O) groups excluding carboxylic acids is 3. The Labute approximate surface area is 195 Å². The van der Waals surface area contributed by atoms with E-state index in [1.165, 1.54) is 0 Å². The van der Waals surface area contributed by atoms with Gasteiger partial charge >= 0.3 is 12.1 Å². The molecule has 1 fully saturated rings. The maximum Gasteiger partial charge on any atom is 0.470 e. The van der Waals surface area contributed by atoms with E-state index in [4.69, 9.17) is 15.8 Å². The monoisotopic (exact) mass is 479 g/mol. The molecule has 0 aliphatic carbocycles. The van der Waals surface area contributed by atoms with Gasteiger partial charge in [-0.3, -0.25) is 14.4 Å². The van der Waals surface area contributed by atoms with Gasteiger partial charge in [0, 0.05) is 25.2 Å². The maximum absolute atomic E-state index is 12.0. The third-order valence-electron chi connectivity index (χ3n) is 4.47. The Morgan fingerprint density at radius 2 is 1.70 bits per heavy atom. The van der Waals surface area contributed by atoms with Crippen molar-refractivity contribution in [2.75, 3.05) is 13.1 Å². The SMILES string of the molecule is C=C(N)C(C#N)NC=O.CC.C[C@H]1CN(C(=O)CC(C)(C)C)CC1(C)C.NC(=O)C(F)(F)F. The van der Waals surface area contributed by atoms with E-state index >= 15 is 0 Å². The van der Waals surface area contributed by atoms with E-state index in [-0.39, 0.29) is 16.5 Å². The Morgan fingerprint density at radius 1 is 1.27 bits per heavy atom. The summed E-state index contributed by atoms with van der Waals surface area (Å²) in [5.74, 6) is -1.33. The minimum Gasteiger partial charge on any atom is -0.400 e. The van der Waals surface area contributed by atoms with Crippen LogP contribution >= 0.6 is 0 Å². The number of carbonyl (C=O) groups is 3. The van der Waals surface area contributed by atoms with E-state index in [9.17, 15) is 22.8 Å². The van der Waals surface area contributed by atoms with Crippen LogP contribution in [0, 0.1) is 28.1 Å². The van der Waals surface area contributed by atoms with Crippen LogP contribution in [0.5, 0.6) is 0 Å². The zero-order valence-electron chi connectivity index (χ0n) is 21.0. The van der Waals surface area contributed by atoms with Gasteiger partial charge < -0.3 is 21.7 Å². The summed E-state index contributed by atoms with van der Waals surface area (Å²) in [6, 6.07) is 0.974. The van der Waals surface area contributed by atoms with Gasteiger partial charge in [-0.25, -0.2) is 0 Å². The normalized spacial score (nSPS) is 17.3. The fraction of sp³-hybridized carbons (Fsp3) is 0.727. The first-order chi connectivity index (χ1) is 14.8. The van der Waals surface area contributed by atoms with Gasteiger partial charge in [-0.1, -0.05) is 62.0 Å². The molecule has 0 saturated carbocycles. The Bertz CT molecular complexity index is 680. The van der Waals surface area contributed by atoms with Crippen molar-refractivity contribution < 1.29 is 27.6 Å². The van der Waals surface area contributed by atoms with Gasteiger partial charge in [-0.2, -0.15) is 18.4 Å². The fourth-order valence-corrected chi connectivity index (χ4v) is 2.34. The average molecular weight is 480 g/mol. The number of rotatable bonds is 4. The van der Waals surface area contributed by atoms with Crippen LogP contribution in [0.25, 0.3) is 0 Å². The fourth-order valence-electron chi connectivity index (χ4n) is 2.34. The summed E-state index contributed by atoms with van der Waals surface area (Å²) >= 11 is 0. The molecule has 1 rings (SSSR count). The molecule has 1 aliphatic heterocycles. The number of nitrogens with one attached hydrogen (secondary N) is 1. The van der Waals surface area contributed by atoms with E-state index in [1.807, 2.05) is 18.7 Å². The number of hydrogen-bond acceptors (Lipinski definition) is 5. The predicted molar refractivity (Wildman–Crippen MR) is 122 cm³/mol. The number of nitriles is 1. The molecule has 1 heterocycles. The van der Waals surface area contributed by atoms with Gasteiger partial charge in [0.05, 0.1) is 6.07 Å². The van der Waals surface area contributed by atoms with Crippen molar-refractivity contribution in [3.8, 4) is 6.07 Å². The minimum absolute atomic E-state index is 0.104. The van der Waals surface area contributed by atoms with Crippen molar-refractivity contribution in [2.24, 2.45) is 28.2 Å². The van der Waals surface area contributed by atoms with Crippen LogP contribution in [0.4, 0.5) is 13.2 Å². The minimum atomic E-state index is -4.86. The number of primary amides is 1. The Kier molecular flexibility index (Phi) is 16.0. The largest absolute Gasteiger partial charge is 0.470 e. The smallest absolute Gasteiger partial charge is 0.400 e. The summed E-state index contributed by atoms with van der Waals surface area (Å²) < 4.78 is 32.1. The second-order valence-corrected chi connectivity index (χ2v) is 9.18. The van der Waals surface area contributed by atoms with Crippen LogP contribution in [0.15, 0.2) is 12.3 Å². The Balaban J connectivity index is -0.000000429. The second-order valence-electron chi connectivity index (χ2n) is 9.18. The zero-order valence-corrected chi connectivity index (χ0v) is 21.0. The first kappa shape index (κ1) is 34.8. The van der Waals surface area contributed by atoms with Gasteiger partial charge in [0.15, 0.2) is 6.04 Å². The van der Waals surface area contributed by atoms with Gasteiger partial charge in [0.1, 0.15) is 0 Å². The molecule has 1 aliphatic rings. The van der Waals surface area contributed by atoms with Crippen LogP contribution in [0.1, 0.15) is 61.8 Å². The summed E-state index contributed by atoms with van der Waals surface area (Å²) in [6.07, 6.45) is -3.79. The van der Waals surface area contributed by atoms with Crippen LogP contribution in [0.2, 0.25) is 0 Å². The number of likely N-dealkylation sites (tertiary alicyclic amines) is 1. The molecule has 8 nitrogen and oxygen atoms in total. The number of alkyl halides is 3. The summed E-state index contributed by atoms with van der Waals surface area (Å²) in [5, 5.41) is 10.4. The predicted octanol–water partition coefficient (Wildman–Crippen LogP) is 3.08. The number of amides is 3. The van der Waals surface area contributed by atoms with E-state index in [0.717, 1.165) is 13.1 Å². The maximum atomic E-state index is 12.0. The van der Waals surface area contributed by atoms with Gasteiger partial charge in [-0.05, 0) is 16.7 Å². The summed E-state index contributed by atoms with van der Waals surface area (Å²) in [4.78, 5) is 32.9. The molecule has 1 unspecified atom stereocenters. The molecule has 0 spiro atoms. The highest BCUT2D eigenvalue weighted by Crippen LogP contribution is 2.35. The third-order valence-corrected chi connectivity index (χ3v) is 4.47. The molecule has 0 aromatic rings. The van der Waals surface area contributed by atoms with Gasteiger partial charge in [-0.15, -0.1) is 0 Å². The molecule has 192 valence electrons. The van der Waals surface area contributed by atoms with E-state index in [1.54, 1.807) is 6.07 Å². The number of nitrogens with two attached hydrogens (primary N) is 2. The standard InChI is InChI=1S/C13H25NO.C5H7N3O.C2H2F3NO.C2H6/c1-10-8-14(9-13(10,5)6)11(15)7-12(2,3)4;1-4(7)5(2-6)8-3-9;3-2(4,5)1(6)7;1-2/h10H,7-9H2,1-6H3;3,5H,1,7H2,(H,8,9);(H2,6,7);1-2H3/t10-;;;/m0.../s1. The highest BCUT2D eigenvalue weighted by molar-refractivity contribution is 5.79. The number of hydrogen-bond donors (Lipinski definition) is 3. The van der Waals surface area contributed by atoms with Crippen molar-refractivity contribution in [3.63, 3.8) is 0 Å². The molecular formula is C22H40F3N5O3. The molecule has 5 N–H and O–H groups in total. The van der Waals surface area contributed by atoms with Crippen molar-refractivity contribution in [3.05, 3.63) is 12.3 Å². The third kappa shape index (κ3) is 16.5. The first-order valence-electron chi connectivity index (χ1n) is 10.5. The van der Waals surface area contributed by atoms with Crippen molar-refractivity contribution in [1.82, 2.24) is 10.2 Å². The van der Waals surface area contributed by atoms with Crippen molar-refractivity contribution >= 4 is 18.2 Å². The highest BCUT2D eigenvalue weighted by Gasteiger charge is 2.39. The molecule has 0 radical (unpaired) electrons. The lowest BCUT2D eigenvalue weighted by Crippen LogP contribution is -2.32. The molecule has 33 heavy (non-hydrogen) atoms. The molecular weight excluding hydrogens is 439 g/mol. The van der Waals surface area contributed by atoms with E-state index in [0.29, 0.717) is 24.7 Å². The van der Waals surface area contributed by atoms with Crippen LogP contribution < -0.4 is 16.8 Å². The lowest BCUT2D eigenvalue weighted by atomic mass is 9.84. The molecule has 0 aromatic heterocycles. The topological polar surface area (TPSA) is 142 Å². The average Bonchev–Trinajstić information content (AvgIpc) is 2.93. The Hall–Kier alpha value is -2.77. The number of nitrogens with zero attached hydrogens (tertiary/aromatic N) is 2. The van der Waals surface area contributed by atoms with Gasteiger partial charge in [0.2, 0.25) is 12.3 Å². The van der Waals surface area contributed by atoms with E-state index < -0.39 is 18.1 Å². The lowest BCUT2D eigenvalue weighted by Gasteiger charge is -2.24. The quantitative estimate of drug-likeness (QED) is 0.531. The first-order valence-corrected chi connectivity index (χ1v) is 10.5. The molecule has 11 heteroatoms. The second kappa shape index (κ2) is 15.1. The van der Waals surface area contributed by atoms with Gasteiger partial charge in [0.25, 0.3) is 0 Å². The molecule has 1 saturated heterocycles. The summed E-state index contributed by atoms with van der Waals surface area (Å²) in [6.45, 7) is 22.2. The summed E-state index contributed by atoms with van der Waals surface area (Å²) in [5.41, 5.74) is 9.43. The van der Waals surface area contributed by atoms with Crippen molar-refractivity contribution in [2.45, 2.75) is 74.0 Å². The highest BCUT2D eigenvalue weighted by atomic mass is 19.4. The van der Waals surface area contributed by atoms with E-state index in [2.05, 4.69) is 59.2 Å². The van der Waals surface area contributed by atoms with Crippen LogP contribution in [-0.2, 0) is 14.4 Å². The Morgan fingerprint density at radius 3 is 1.88 bits per heavy atom. The zero-order chi connectivity index (χ0) is 27.2. The summed E-state index contributed by atoms with van der Waals surface area (Å²) in [7, 11) is 0. The molecule has 3 amide bonds. The lowest BCUT2D eigenvalue weighted by molar-refractivity contribution is -0.169. The van der Waals surface area contributed by atoms with Crippen LogP contribution in [0.3, 0.4) is 0 Å². The molecule has 0 aromatic carbocycles. The molecule has 2 atom stereocenters. The number of halogens is 3.